The Morgan fingerprint density at radius 2 is 1.90 bits per heavy atom. The highest BCUT2D eigenvalue weighted by Gasteiger charge is 2.46. The molecule has 0 aliphatic carbocycles. The van der Waals surface area contributed by atoms with Gasteiger partial charge in [-0.15, -0.1) is 0 Å². The summed E-state index contributed by atoms with van der Waals surface area (Å²) in [5.41, 5.74) is 6.76. The molecule has 0 unspecified atom stereocenters. The van der Waals surface area contributed by atoms with Crippen LogP contribution in [0.15, 0.2) is 41.5 Å². The van der Waals surface area contributed by atoms with Crippen molar-refractivity contribution in [2.45, 2.75) is 58.2 Å². The van der Waals surface area contributed by atoms with Crippen LogP contribution < -0.4 is 4.90 Å². The first-order chi connectivity index (χ1) is 14.2. The predicted molar refractivity (Wildman–Crippen MR) is 123 cm³/mol. The van der Waals surface area contributed by atoms with E-state index >= 15 is 0 Å². The van der Waals surface area contributed by atoms with Crippen LogP contribution in [0.4, 0.5) is 5.69 Å². The van der Waals surface area contributed by atoms with Crippen LogP contribution in [0.3, 0.4) is 0 Å². The molecule has 0 saturated carbocycles. The summed E-state index contributed by atoms with van der Waals surface area (Å²) in [5, 5.41) is 1.21. The molecule has 1 aromatic carbocycles. The highest BCUT2D eigenvalue weighted by atomic mass is 32.2. The third-order valence-corrected chi connectivity index (χ3v) is 8.02. The first kappa shape index (κ1) is 19.0. The number of aromatic nitrogens is 1. The summed E-state index contributed by atoms with van der Waals surface area (Å²) in [6, 6.07) is 11.8. The van der Waals surface area contributed by atoms with E-state index in [1.807, 2.05) is 24.0 Å². The summed E-state index contributed by atoms with van der Waals surface area (Å²) < 4.78 is 0. The van der Waals surface area contributed by atoms with E-state index in [0.717, 1.165) is 17.9 Å². The van der Waals surface area contributed by atoms with Crippen molar-refractivity contribution in [2.75, 3.05) is 23.7 Å². The van der Waals surface area contributed by atoms with Gasteiger partial charge in [-0.25, -0.2) is 0 Å². The van der Waals surface area contributed by atoms with Crippen LogP contribution in [0.1, 0.15) is 60.7 Å². The molecule has 29 heavy (non-hydrogen) atoms. The number of benzene rings is 1. The fraction of sp³-hybridized carbons (Fsp3) is 0.500. The van der Waals surface area contributed by atoms with E-state index in [1.54, 1.807) is 0 Å². The van der Waals surface area contributed by atoms with Gasteiger partial charge in [0.1, 0.15) is 6.04 Å². The average molecular weight is 407 g/mol. The van der Waals surface area contributed by atoms with Gasteiger partial charge in [-0.05, 0) is 68.0 Å². The van der Waals surface area contributed by atoms with Gasteiger partial charge in [0.25, 0.3) is 0 Å². The average Bonchev–Trinajstić information content (AvgIpc) is 3.47. The fourth-order valence-corrected chi connectivity index (χ4v) is 6.47. The lowest BCUT2D eigenvalue weighted by Gasteiger charge is -2.34. The Kier molecular flexibility index (Phi) is 5.02. The van der Waals surface area contributed by atoms with E-state index < -0.39 is 0 Å². The van der Waals surface area contributed by atoms with Crippen LogP contribution in [-0.4, -0.2) is 39.9 Å². The maximum atomic E-state index is 5.18. The number of rotatable bonds is 4. The Bertz CT molecular complexity index is 920. The summed E-state index contributed by atoms with van der Waals surface area (Å²) in [6.45, 7) is 9.28. The maximum Gasteiger partial charge on any atom is 0.160 e. The van der Waals surface area contributed by atoms with Gasteiger partial charge in [0, 0.05) is 36.8 Å². The van der Waals surface area contributed by atoms with Crippen LogP contribution in [0.25, 0.3) is 0 Å². The third-order valence-electron chi connectivity index (χ3n) is 6.90. The van der Waals surface area contributed by atoms with Crippen LogP contribution in [0.5, 0.6) is 0 Å². The van der Waals surface area contributed by atoms with Gasteiger partial charge in [0.05, 0.1) is 11.7 Å². The number of amidine groups is 1. The zero-order chi connectivity index (χ0) is 20.0. The Labute approximate surface area is 178 Å². The van der Waals surface area contributed by atoms with Crippen molar-refractivity contribution < 1.29 is 0 Å². The number of hydrogen-bond donors (Lipinski definition) is 0. The number of anilines is 1. The lowest BCUT2D eigenvalue weighted by molar-refractivity contribution is 0.254. The summed E-state index contributed by atoms with van der Waals surface area (Å²) in [6.07, 6.45) is 5.67. The van der Waals surface area contributed by atoms with Crippen LogP contribution in [-0.2, 0) is 0 Å². The van der Waals surface area contributed by atoms with Crippen molar-refractivity contribution in [3.05, 3.63) is 58.9 Å². The highest BCUT2D eigenvalue weighted by molar-refractivity contribution is 8.14. The molecule has 152 valence electrons. The molecule has 0 bridgehead atoms. The molecule has 1 aromatic heterocycles. The van der Waals surface area contributed by atoms with E-state index in [9.17, 15) is 0 Å². The molecule has 3 aliphatic rings. The standard InChI is InChI=1S/C24H30N4S/c1-4-18-15-29-24-26-22(20-9-5-6-12-25-20)23(28(18)24)19-10-11-21(17(3)16(19)2)27-13-7-8-14-27/h5-6,9-12,18,22-23H,4,7-8,13-15H2,1-3H3/t18-,22+,23+/m0/s1. The van der Waals surface area contributed by atoms with E-state index in [0.29, 0.717) is 6.04 Å². The van der Waals surface area contributed by atoms with Gasteiger partial charge < -0.3 is 9.80 Å². The van der Waals surface area contributed by atoms with E-state index in [1.165, 1.54) is 53.5 Å². The molecule has 3 atom stereocenters. The van der Waals surface area contributed by atoms with Crippen molar-refractivity contribution in [2.24, 2.45) is 4.99 Å². The second-order valence-corrected chi connectivity index (χ2v) is 9.44. The number of hydrogen-bond acceptors (Lipinski definition) is 5. The molecular weight excluding hydrogens is 376 g/mol. The van der Waals surface area contributed by atoms with Crippen LogP contribution in [0, 0.1) is 13.8 Å². The molecule has 2 fully saturated rings. The molecule has 2 aromatic rings. The van der Waals surface area contributed by atoms with Crippen molar-refractivity contribution in [1.29, 1.82) is 0 Å². The van der Waals surface area contributed by atoms with Crippen molar-refractivity contribution in [1.82, 2.24) is 9.88 Å². The zero-order valence-corrected chi connectivity index (χ0v) is 18.5. The molecule has 4 nitrogen and oxygen atoms in total. The minimum Gasteiger partial charge on any atom is -0.371 e. The maximum absolute atomic E-state index is 5.18. The Morgan fingerprint density at radius 3 is 2.62 bits per heavy atom. The van der Waals surface area contributed by atoms with Gasteiger partial charge in [-0.2, -0.15) is 0 Å². The molecule has 4 heterocycles. The number of pyridine rings is 1. The first-order valence-corrected chi connectivity index (χ1v) is 11.9. The fourth-order valence-electron chi connectivity index (χ4n) is 5.14. The van der Waals surface area contributed by atoms with Gasteiger partial charge in [0.15, 0.2) is 5.17 Å². The quantitative estimate of drug-likeness (QED) is 0.691. The molecule has 2 saturated heterocycles. The van der Waals surface area contributed by atoms with Gasteiger partial charge in [-0.3, -0.25) is 9.98 Å². The van der Waals surface area contributed by atoms with E-state index in [4.69, 9.17) is 9.98 Å². The number of thioether (sulfide) groups is 1. The second-order valence-electron chi connectivity index (χ2n) is 8.45. The summed E-state index contributed by atoms with van der Waals surface area (Å²) >= 11 is 1.92. The summed E-state index contributed by atoms with van der Waals surface area (Å²) in [4.78, 5) is 15.0. The molecule has 3 aliphatic heterocycles. The van der Waals surface area contributed by atoms with Crippen molar-refractivity contribution in [3.8, 4) is 0 Å². The SMILES string of the molecule is CC[C@H]1CSC2=N[C@H](c3ccccn3)[C@@H](c3ccc(N4CCCC4)c(C)c3C)N21. The minimum absolute atomic E-state index is 0.0730. The van der Waals surface area contributed by atoms with Gasteiger partial charge in [0.2, 0.25) is 0 Å². The molecule has 0 radical (unpaired) electrons. The summed E-state index contributed by atoms with van der Waals surface area (Å²) in [5.74, 6) is 1.14. The number of nitrogens with zero attached hydrogens (tertiary/aromatic N) is 4. The molecule has 0 spiro atoms. The van der Waals surface area contributed by atoms with Crippen LogP contribution in [0.2, 0.25) is 0 Å². The third kappa shape index (κ3) is 3.14. The number of fused-ring (bicyclic) bond motifs is 1. The monoisotopic (exact) mass is 406 g/mol. The molecule has 0 N–H and O–H groups in total. The molecule has 5 heteroatoms. The number of aliphatic imine (C=N–C) groups is 1. The highest BCUT2D eigenvalue weighted by Crippen LogP contribution is 2.50. The first-order valence-electron chi connectivity index (χ1n) is 10.9. The van der Waals surface area contributed by atoms with Crippen molar-refractivity contribution >= 4 is 22.6 Å². The lowest BCUT2D eigenvalue weighted by atomic mass is 9.89. The van der Waals surface area contributed by atoms with Gasteiger partial charge >= 0.3 is 0 Å². The minimum atomic E-state index is 0.0730. The Hall–Kier alpha value is -2.01. The molecule has 5 rings (SSSR count). The van der Waals surface area contributed by atoms with E-state index in [2.05, 4.69) is 54.8 Å². The Balaban J connectivity index is 1.59. The van der Waals surface area contributed by atoms with Gasteiger partial charge in [-0.1, -0.05) is 30.8 Å². The largest absolute Gasteiger partial charge is 0.371 e. The molecular formula is C24H30N4S. The van der Waals surface area contributed by atoms with Crippen molar-refractivity contribution in [3.63, 3.8) is 0 Å². The van der Waals surface area contributed by atoms with Crippen LogP contribution >= 0.6 is 11.8 Å². The molecule has 0 amide bonds. The topological polar surface area (TPSA) is 31.7 Å². The summed E-state index contributed by atoms with van der Waals surface area (Å²) in [7, 11) is 0. The second kappa shape index (κ2) is 7.67. The normalized spacial score (nSPS) is 26.2. The lowest BCUT2D eigenvalue weighted by Crippen LogP contribution is -2.35. The zero-order valence-electron chi connectivity index (χ0n) is 17.6. The Morgan fingerprint density at radius 1 is 1.07 bits per heavy atom. The predicted octanol–water partition coefficient (Wildman–Crippen LogP) is 5.28. The van der Waals surface area contributed by atoms with E-state index in [-0.39, 0.29) is 12.1 Å². The smallest absolute Gasteiger partial charge is 0.160 e.